The van der Waals surface area contributed by atoms with Gasteiger partial charge < -0.3 is 33.8 Å². The van der Waals surface area contributed by atoms with Crippen molar-refractivity contribution in [3.63, 3.8) is 0 Å². The van der Waals surface area contributed by atoms with E-state index in [2.05, 4.69) is 34.6 Å². The number of hydrogen-bond donors (Lipinski definition) is 3. The molecule has 0 heterocycles. The third-order valence-electron chi connectivity index (χ3n) is 16.8. The molecule has 0 spiro atoms. The topological polar surface area (TPSA) is 237 Å². The van der Waals surface area contributed by atoms with Gasteiger partial charge in [0.2, 0.25) is 0 Å². The zero-order valence-electron chi connectivity index (χ0n) is 59.0. The Morgan fingerprint density at radius 3 is 0.747 bits per heavy atom. The average molecular weight is 1340 g/mol. The lowest BCUT2D eigenvalue weighted by molar-refractivity contribution is -0.161. The van der Waals surface area contributed by atoms with Crippen LogP contribution in [0, 0.1) is 5.92 Å². The smallest absolute Gasteiger partial charge is 0.462 e. The third-order valence-corrected chi connectivity index (χ3v) is 18.7. The number of aliphatic hydroxyl groups is 1. The summed E-state index contributed by atoms with van der Waals surface area (Å²) in [5, 5.41) is 10.6. The summed E-state index contributed by atoms with van der Waals surface area (Å²) in [6.07, 6.45) is 53.1. The molecular weight excluding hydrogens is 1200 g/mol. The standard InChI is InChI=1S/C72H140O17P2/c1-6-9-12-15-17-19-21-23-24-27-30-34-37-41-46-51-56-70(75)83-62-68(89-72(77)58-53-48-43-39-35-31-28-25-26-29-32-36-40-45-49-54-65(4)5)64-87-91(80,81)85-60-66(73)59-84-90(78,79)86-63-67(61-82-69(74)55-50-44-14-11-8-3)88-71(76)57-52-47-42-38-33-22-20-18-16-13-10-7-2/h65-68,73H,6-64H2,1-5H3,(H,78,79)(H,80,81)/t66-,67+,68+/m0/s1. The molecule has 91 heavy (non-hydrogen) atoms. The highest BCUT2D eigenvalue weighted by Gasteiger charge is 2.30. The summed E-state index contributed by atoms with van der Waals surface area (Å²) in [5.41, 5.74) is 0. The van der Waals surface area contributed by atoms with E-state index in [1.807, 2.05) is 0 Å². The Bertz CT molecular complexity index is 1750. The van der Waals surface area contributed by atoms with Crippen molar-refractivity contribution in [2.75, 3.05) is 39.6 Å². The van der Waals surface area contributed by atoms with E-state index in [0.29, 0.717) is 25.7 Å². The first-order chi connectivity index (χ1) is 44.0. The molecule has 17 nitrogen and oxygen atoms in total. The number of ether oxygens (including phenoxy) is 4. The second kappa shape index (κ2) is 65.4. The van der Waals surface area contributed by atoms with Gasteiger partial charge in [0, 0.05) is 25.7 Å². The van der Waals surface area contributed by atoms with Crippen LogP contribution in [0.1, 0.15) is 375 Å². The molecule has 0 aliphatic rings. The first-order valence-electron chi connectivity index (χ1n) is 37.6. The molecule has 540 valence electrons. The van der Waals surface area contributed by atoms with Gasteiger partial charge in [0.25, 0.3) is 0 Å². The number of phosphoric acid groups is 2. The quantitative estimate of drug-likeness (QED) is 0.0222. The molecule has 0 radical (unpaired) electrons. The van der Waals surface area contributed by atoms with Gasteiger partial charge in [-0.2, -0.15) is 0 Å². The summed E-state index contributed by atoms with van der Waals surface area (Å²) in [6, 6.07) is 0. The molecule has 0 saturated carbocycles. The number of unbranched alkanes of at least 4 members (excludes halogenated alkanes) is 44. The summed E-state index contributed by atoms with van der Waals surface area (Å²) in [5.74, 6) is -1.33. The Morgan fingerprint density at radius 1 is 0.297 bits per heavy atom. The van der Waals surface area contributed by atoms with Crippen LogP contribution in [0.25, 0.3) is 0 Å². The molecule has 0 aromatic carbocycles. The molecule has 2 unspecified atom stereocenters. The minimum absolute atomic E-state index is 0.107. The van der Waals surface area contributed by atoms with E-state index in [1.54, 1.807) is 0 Å². The van der Waals surface area contributed by atoms with Crippen LogP contribution in [0.4, 0.5) is 0 Å². The van der Waals surface area contributed by atoms with Crippen LogP contribution in [0.15, 0.2) is 0 Å². The molecule has 0 bridgehead atoms. The van der Waals surface area contributed by atoms with E-state index < -0.39 is 97.5 Å². The highest BCUT2D eigenvalue weighted by Crippen LogP contribution is 2.45. The van der Waals surface area contributed by atoms with Crippen molar-refractivity contribution in [2.45, 2.75) is 393 Å². The third kappa shape index (κ3) is 66.5. The van der Waals surface area contributed by atoms with E-state index in [-0.39, 0.29) is 25.7 Å². The van der Waals surface area contributed by atoms with E-state index in [9.17, 15) is 43.2 Å². The minimum Gasteiger partial charge on any atom is -0.462 e. The molecule has 0 saturated heterocycles. The molecule has 0 aromatic heterocycles. The fourth-order valence-corrected chi connectivity index (χ4v) is 12.6. The van der Waals surface area contributed by atoms with Crippen LogP contribution in [0.5, 0.6) is 0 Å². The van der Waals surface area contributed by atoms with Gasteiger partial charge >= 0.3 is 39.5 Å². The maximum Gasteiger partial charge on any atom is 0.472 e. The maximum absolute atomic E-state index is 13.0. The Morgan fingerprint density at radius 2 is 0.505 bits per heavy atom. The van der Waals surface area contributed by atoms with Crippen molar-refractivity contribution in [3.8, 4) is 0 Å². The van der Waals surface area contributed by atoms with Crippen molar-refractivity contribution in [2.24, 2.45) is 5.92 Å². The number of phosphoric ester groups is 2. The molecule has 0 amide bonds. The van der Waals surface area contributed by atoms with Crippen molar-refractivity contribution in [3.05, 3.63) is 0 Å². The van der Waals surface area contributed by atoms with Crippen LogP contribution in [-0.4, -0.2) is 96.7 Å². The van der Waals surface area contributed by atoms with Gasteiger partial charge in [-0.1, -0.05) is 324 Å². The van der Waals surface area contributed by atoms with E-state index >= 15 is 0 Å². The molecule has 0 aromatic rings. The average Bonchev–Trinajstić information content (AvgIpc) is 3.70. The molecule has 5 atom stereocenters. The molecule has 0 aliphatic carbocycles. The molecule has 0 aliphatic heterocycles. The normalized spacial score (nSPS) is 14.0. The van der Waals surface area contributed by atoms with Crippen molar-refractivity contribution in [1.29, 1.82) is 0 Å². The van der Waals surface area contributed by atoms with Crippen LogP contribution in [0.3, 0.4) is 0 Å². The number of esters is 4. The Hall–Kier alpha value is -1.94. The van der Waals surface area contributed by atoms with Gasteiger partial charge in [-0.25, -0.2) is 9.13 Å². The minimum atomic E-state index is -4.95. The Labute approximate surface area is 556 Å². The van der Waals surface area contributed by atoms with Crippen LogP contribution in [0.2, 0.25) is 0 Å². The van der Waals surface area contributed by atoms with Crippen molar-refractivity contribution < 1.29 is 80.2 Å². The number of rotatable bonds is 72. The number of aliphatic hydroxyl groups excluding tert-OH is 1. The van der Waals surface area contributed by atoms with E-state index in [4.69, 9.17) is 37.0 Å². The molecule has 0 rings (SSSR count). The predicted molar refractivity (Wildman–Crippen MR) is 368 cm³/mol. The summed E-state index contributed by atoms with van der Waals surface area (Å²) >= 11 is 0. The van der Waals surface area contributed by atoms with Crippen LogP contribution >= 0.6 is 15.6 Å². The number of carbonyl (C=O) groups is 4. The Kier molecular flexibility index (Phi) is 64.0. The molecule has 3 N–H and O–H groups in total. The zero-order chi connectivity index (χ0) is 67.0. The lowest BCUT2D eigenvalue weighted by Crippen LogP contribution is -2.30. The van der Waals surface area contributed by atoms with Crippen LogP contribution < -0.4 is 0 Å². The van der Waals surface area contributed by atoms with Gasteiger partial charge in [0.05, 0.1) is 26.4 Å². The number of carbonyl (C=O) groups excluding carboxylic acids is 4. The van der Waals surface area contributed by atoms with Gasteiger partial charge in [0.1, 0.15) is 19.3 Å². The molecule has 19 heteroatoms. The highest BCUT2D eigenvalue weighted by molar-refractivity contribution is 7.47. The summed E-state index contributed by atoms with van der Waals surface area (Å²) in [7, 11) is -9.89. The maximum atomic E-state index is 13.0. The van der Waals surface area contributed by atoms with Gasteiger partial charge in [-0.15, -0.1) is 0 Å². The fourth-order valence-electron chi connectivity index (χ4n) is 11.0. The zero-order valence-corrected chi connectivity index (χ0v) is 60.8. The van der Waals surface area contributed by atoms with Crippen LogP contribution in [-0.2, 0) is 65.4 Å². The second-order valence-corrected chi connectivity index (χ2v) is 29.4. The number of hydrogen-bond acceptors (Lipinski definition) is 15. The van der Waals surface area contributed by atoms with Gasteiger partial charge in [0.15, 0.2) is 12.2 Å². The van der Waals surface area contributed by atoms with Crippen molar-refractivity contribution in [1.82, 2.24) is 0 Å². The largest absolute Gasteiger partial charge is 0.472 e. The van der Waals surface area contributed by atoms with Crippen molar-refractivity contribution >= 4 is 39.5 Å². The lowest BCUT2D eigenvalue weighted by atomic mass is 10.0. The monoisotopic (exact) mass is 1340 g/mol. The van der Waals surface area contributed by atoms with E-state index in [0.717, 1.165) is 102 Å². The first kappa shape index (κ1) is 89.1. The predicted octanol–water partition coefficient (Wildman–Crippen LogP) is 20.9. The Balaban J connectivity index is 5.15. The highest BCUT2D eigenvalue weighted by atomic mass is 31.2. The second-order valence-electron chi connectivity index (χ2n) is 26.5. The molecular formula is C72H140O17P2. The summed E-state index contributed by atoms with van der Waals surface area (Å²) in [6.45, 7) is 7.21. The fraction of sp³-hybridized carbons (Fsp3) is 0.944. The van der Waals surface area contributed by atoms with Gasteiger partial charge in [-0.3, -0.25) is 37.3 Å². The van der Waals surface area contributed by atoms with Gasteiger partial charge in [-0.05, 0) is 31.6 Å². The molecule has 0 fully saturated rings. The first-order valence-corrected chi connectivity index (χ1v) is 40.6. The lowest BCUT2D eigenvalue weighted by Gasteiger charge is -2.21. The van der Waals surface area contributed by atoms with E-state index in [1.165, 1.54) is 193 Å². The SMILES string of the molecule is CCCCCCCCCCCCCCCCCCC(=O)OC[C@H](COP(=O)(O)OC[C@@H](O)COP(=O)(O)OC[C@@H](COC(=O)CCCCCCC)OC(=O)CCCCCCCCCCCCCC)OC(=O)CCCCCCCCCCCCCCCCCC(C)C. The summed E-state index contributed by atoms with van der Waals surface area (Å²) < 4.78 is 68.2. The summed E-state index contributed by atoms with van der Waals surface area (Å²) in [4.78, 5) is 72.4.